The van der Waals surface area contributed by atoms with Crippen LogP contribution in [0, 0.1) is 0 Å². The van der Waals surface area contributed by atoms with Gasteiger partial charge in [-0.15, -0.1) is 11.8 Å². The van der Waals surface area contributed by atoms with Gasteiger partial charge in [0.2, 0.25) is 5.91 Å². The molecular weight excluding hydrogens is 437 g/mol. The van der Waals surface area contributed by atoms with Crippen molar-refractivity contribution >= 4 is 46.8 Å². The Morgan fingerprint density at radius 1 is 0.875 bits per heavy atom. The number of aliphatic carboxylic acids is 1. The number of benzene rings is 3. The van der Waals surface area contributed by atoms with E-state index < -0.39 is 13.2 Å². The Morgan fingerprint density at radius 3 is 1.75 bits per heavy atom. The van der Waals surface area contributed by atoms with Gasteiger partial charge in [-0.1, -0.05) is 54.6 Å². The van der Waals surface area contributed by atoms with E-state index in [0.29, 0.717) is 18.3 Å². The van der Waals surface area contributed by atoms with E-state index in [2.05, 4.69) is 36.4 Å². The second kappa shape index (κ2) is 8.57. The normalized spacial score (nSPS) is 18.2. The maximum Gasteiger partial charge on any atom is 0.230 e. The Balaban J connectivity index is 1.76. The van der Waals surface area contributed by atoms with Crippen LogP contribution in [0.15, 0.2) is 102 Å². The number of fused-ring (bicyclic) bond motifs is 1. The molecular formula is C26H22NO3PS. The van der Waals surface area contributed by atoms with Gasteiger partial charge in [0.25, 0.3) is 0 Å². The van der Waals surface area contributed by atoms with E-state index in [0.717, 1.165) is 5.57 Å². The molecule has 0 saturated carbocycles. The lowest BCUT2D eigenvalue weighted by Gasteiger charge is -2.46. The van der Waals surface area contributed by atoms with Gasteiger partial charge >= 0.3 is 0 Å². The molecule has 1 fully saturated rings. The van der Waals surface area contributed by atoms with E-state index in [1.165, 1.54) is 20.8 Å². The van der Waals surface area contributed by atoms with Crippen LogP contribution in [0.5, 0.6) is 0 Å². The lowest BCUT2D eigenvalue weighted by Crippen LogP contribution is -2.56. The van der Waals surface area contributed by atoms with Crippen LogP contribution in [0.4, 0.5) is 0 Å². The van der Waals surface area contributed by atoms with E-state index in [9.17, 15) is 14.7 Å². The van der Waals surface area contributed by atoms with Crippen LogP contribution in [-0.2, 0) is 9.59 Å². The summed E-state index contributed by atoms with van der Waals surface area (Å²) < 4.78 is 0. The summed E-state index contributed by atoms with van der Waals surface area (Å²) >= 11 is 1.65. The van der Waals surface area contributed by atoms with Crippen molar-refractivity contribution in [3.63, 3.8) is 0 Å². The monoisotopic (exact) mass is 459 g/mol. The average Bonchev–Trinajstić information content (AvgIpc) is 2.83. The highest BCUT2D eigenvalue weighted by Gasteiger charge is 2.50. The zero-order valence-electron chi connectivity index (χ0n) is 17.4. The number of carbonyl (C=O) groups excluding carboxylic acids is 2. The van der Waals surface area contributed by atoms with Crippen molar-refractivity contribution in [1.29, 1.82) is 0 Å². The Kier molecular flexibility index (Phi) is 5.62. The molecule has 0 N–H and O–H groups in total. The highest BCUT2D eigenvalue weighted by atomic mass is 32.2. The molecule has 1 amide bonds. The van der Waals surface area contributed by atoms with E-state index in [1.807, 2.05) is 54.6 Å². The smallest absolute Gasteiger partial charge is 0.230 e. The molecule has 3 aromatic carbocycles. The van der Waals surface area contributed by atoms with Crippen LogP contribution in [-0.4, -0.2) is 34.1 Å². The van der Waals surface area contributed by atoms with Gasteiger partial charge < -0.3 is 9.90 Å². The van der Waals surface area contributed by atoms with Crippen LogP contribution < -0.4 is 21.0 Å². The second-order valence-electron chi connectivity index (χ2n) is 7.95. The van der Waals surface area contributed by atoms with Crippen LogP contribution >= 0.6 is 19.0 Å². The summed E-state index contributed by atoms with van der Waals surface area (Å²) in [6.07, 6.45) is 0.947. The SMILES string of the molecule is O=C([O-])C1=C(C[P+](c2ccccc2)(c2ccccc2)c2ccccc2)CSC2CC(=O)N12. The van der Waals surface area contributed by atoms with Crippen molar-refractivity contribution in [3.8, 4) is 0 Å². The van der Waals surface area contributed by atoms with Gasteiger partial charge in [-0.05, 0) is 36.4 Å². The molecule has 0 aliphatic carbocycles. The number of amides is 1. The predicted octanol–water partition coefficient (Wildman–Crippen LogP) is 2.29. The van der Waals surface area contributed by atoms with Gasteiger partial charge in [-0.2, -0.15) is 0 Å². The maximum atomic E-state index is 12.3. The molecule has 6 heteroatoms. The Bertz CT molecular complexity index is 1080. The summed E-state index contributed by atoms with van der Waals surface area (Å²) in [5.41, 5.74) is 0.862. The zero-order valence-corrected chi connectivity index (χ0v) is 19.1. The first-order valence-corrected chi connectivity index (χ1v) is 13.6. The summed E-state index contributed by atoms with van der Waals surface area (Å²) in [6.45, 7) is 0. The first-order chi connectivity index (χ1) is 15.6. The summed E-state index contributed by atoms with van der Waals surface area (Å²) in [5, 5.41) is 15.7. The number of hydrogen-bond donors (Lipinski definition) is 0. The minimum atomic E-state index is -2.24. The first-order valence-electron chi connectivity index (χ1n) is 10.5. The molecule has 0 spiro atoms. The van der Waals surface area contributed by atoms with Crippen molar-refractivity contribution in [2.45, 2.75) is 11.8 Å². The van der Waals surface area contributed by atoms with Crippen LogP contribution in [0.25, 0.3) is 0 Å². The number of β-lactam (4-membered cyclic amide) rings is 1. The molecule has 2 aliphatic rings. The van der Waals surface area contributed by atoms with Crippen molar-refractivity contribution in [3.05, 3.63) is 102 Å². The topological polar surface area (TPSA) is 60.4 Å². The number of carboxylic acid groups (broad SMARTS) is 1. The fraction of sp³-hybridized carbons (Fsp3) is 0.154. The molecule has 0 aromatic heterocycles. The molecule has 3 aromatic rings. The van der Waals surface area contributed by atoms with Crippen molar-refractivity contribution in [2.24, 2.45) is 0 Å². The van der Waals surface area contributed by atoms with Gasteiger partial charge in [-0.25, -0.2) is 0 Å². The number of carbonyl (C=O) groups is 2. The van der Waals surface area contributed by atoms with E-state index in [-0.39, 0.29) is 17.0 Å². The summed E-state index contributed by atoms with van der Waals surface area (Å²) in [7, 11) is -2.24. The standard InChI is InChI=1S/C26H22NO3PS/c28-23-16-24-27(23)25(26(29)30)19(18-32-24)17-31(20-10-4-1-5-11-20,21-12-6-2-7-13-21)22-14-8-3-9-15-22/h1-15,24H,16-18H2. The molecule has 0 bridgehead atoms. The predicted molar refractivity (Wildman–Crippen MR) is 130 cm³/mol. The van der Waals surface area contributed by atoms with Crippen molar-refractivity contribution < 1.29 is 14.7 Å². The lowest BCUT2D eigenvalue weighted by molar-refractivity contribution is -0.301. The summed E-state index contributed by atoms with van der Waals surface area (Å²) in [4.78, 5) is 26.0. The third kappa shape index (κ3) is 3.46. The second-order valence-corrected chi connectivity index (χ2v) is 12.6. The van der Waals surface area contributed by atoms with Crippen LogP contribution in [0.3, 0.4) is 0 Å². The van der Waals surface area contributed by atoms with Gasteiger partial charge in [0.05, 0.1) is 29.6 Å². The fourth-order valence-electron chi connectivity index (χ4n) is 4.64. The molecule has 4 nitrogen and oxygen atoms in total. The Labute approximate surface area is 192 Å². The quantitative estimate of drug-likeness (QED) is 0.419. The largest absolute Gasteiger partial charge is 0.543 e. The molecule has 1 unspecified atom stereocenters. The van der Waals surface area contributed by atoms with E-state index in [1.54, 1.807) is 11.8 Å². The number of nitrogens with zero attached hydrogens (tertiary/aromatic N) is 1. The highest BCUT2D eigenvalue weighted by molar-refractivity contribution is 8.00. The number of rotatable bonds is 6. The van der Waals surface area contributed by atoms with Crippen LogP contribution in [0.2, 0.25) is 0 Å². The molecule has 32 heavy (non-hydrogen) atoms. The highest BCUT2D eigenvalue weighted by Crippen LogP contribution is 2.58. The Morgan fingerprint density at radius 2 is 1.34 bits per heavy atom. The third-order valence-corrected chi connectivity index (χ3v) is 11.8. The molecule has 0 radical (unpaired) electrons. The summed E-state index contributed by atoms with van der Waals surface area (Å²) in [5.74, 6) is -0.806. The van der Waals surface area contributed by atoms with Crippen LogP contribution in [0.1, 0.15) is 6.42 Å². The number of thioether (sulfide) groups is 1. The van der Waals surface area contributed by atoms with Gasteiger partial charge in [-0.3, -0.25) is 9.69 Å². The molecule has 5 rings (SSSR count). The van der Waals surface area contributed by atoms with Gasteiger partial charge in [0.1, 0.15) is 23.2 Å². The van der Waals surface area contributed by atoms with Gasteiger partial charge in [0.15, 0.2) is 0 Å². The minimum Gasteiger partial charge on any atom is -0.543 e. The third-order valence-electron chi connectivity index (χ3n) is 6.14. The minimum absolute atomic E-state index is 0.0807. The molecule has 2 aliphatic heterocycles. The maximum absolute atomic E-state index is 12.3. The lowest BCUT2D eigenvalue weighted by atomic mass is 10.1. The molecule has 1 saturated heterocycles. The fourth-order valence-corrected chi connectivity index (χ4v) is 10.4. The van der Waals surface area contributed by atoms with Gasteiger partial charge in [0, 0.05) is 11.3 Å². The van der Waals surface area contributed by atoms with Crippen molar-refractivity contribution in [2.75, 3.05) is 11.9 Å². The summed E-state index contributed by atoms with van der Waals surface area (Å²) in [6, 6.07) is 31.1. The van der Waals surface area contributed by atoms with E-state index in [4.69, 9.17) is 0 Å². The Hall–Kier alpha value is -2.88. The molecule has 1 atom stereocenters. The van der Waals surface area contributed by atoms with E-state index >= 15 is 0 Å². The molecule has 2 heterocycles. The zero-order chi connectivity index (χ0) is 22.1. The van der Waals surface area contributed by atoms with Crippen molar-refractivity contribution in [1.82, 2.24) is 4.90 Å². The number of hydrogen-bond acceptors (Lipinski definition) is 4. The number of carboxylic acids is 1. The average molecular weight is 460 g/mol. The molecule has 160 valence electrons. The first kappa shape index (κ1) is 21.0.